The lowest BCUT2D eigenvalue weighted by molar-refractivity contribution is -0.137. The Hall–Kier alpha value is -3.06. The number of amides is 1. The molecule has 148 valence electrons. The van der Waals surface area contributed by atoms with Crippen LogP contribution in [0.2, 0.25) is 0 Å². The molecule has 7 heteroatoms. The van der Waals surface area contributed by atoms with E-state index in [9.17, 15) is 14.7 Å². The average molecular weight is 384 g/mol. The van der Waals surface area contributed by atoms with Crippen LogP contribution >= 0.6 is 0 Å². The number of nitrogens with one attached hydrogen (secondary N) is 1. The van der Waals surface area contributed by atoms with Gasteiger partial charge in [0.25, 0.3) is 5.91 Å². The van der Waals surface area contributed by atoms with E-state index in [1.54, 1.807) is 31.3 Å². The Labute approximate surface area is 163 Å². The molecule has 1 fully saturated rings. The molecule has 2 atom stereocenters. The van der Waals surface area contributed by atoms with Gasteiger partial charge in [-0.05, 0) is 30.7 Å². The van der Waals surface area contributed by atoms with E-state index in [0.29, 0.717) is 30.0 Å². The van der Waals surface area contributed by atoms with E-state index in [1.165, 1.54) is 0 Å². The predicted molar refractivity (Wildman–Crippen MR) is 105 cm³/mol. The number of hydrogen-bond acceptors (Lipinski definition) is 5. The second-order valence-corrected chi connectivity index (χ2v) is 6.71. The number of nitrogens with zero attached hydrogens (tertiary/aromatic N) is 1. The van der Waals surface area contributed by atoms with Crippen molar-refractivity contribution in [1.29, 1.82) is 0 Å². The second-order valence-electron chi connectivity index (χ2n) is 6.71. The smallest absolute Gasteiger partial charge is 0.305 e. The average Bonchev–Trinajstić information content (AvgIpc) is 3.10. The molecular weight excluding hydrogens is 360 g/mol. The lowest BCUT2D eigenvalue weighted by atomic mass is 10.1. The quantitative estimate of drug-likeness (QED) is 0.762. The monoisotopic (exact) mass is 384 g/mol. The number of carbonyl (C=O) groups excluding carboxylic acids is 1. The number of para-hydroxylation sites is 1. The Morgan fingerprint density at radius 1 is 1.18 bits per heavy atom. The van der Waals surface area contributed by atoms with Crippen LogP contribution in [0.5, 0.6) is 5.75 Å². The molecule has 1 amide bonds. The second kappa shape index (κ2) is 8.75. The zero-order chi connectivity index (χ0) is 20.1. The van der Waals surface area contributed by atoms with Crippen LogP contribution < -0.4 is 10.1 Å². The van der Waals surface area contributed by atoms with E-state index in [1.807, 2.05) is 36.4 Å². The van der Waals surface area contributed by atoms with Crippen LogP contribution in [-0.2, 0) is 9.53 Å². The summed E-state index contributed by atoms with van der Waals surface area (Å²) in [7, 11) is 3.17. The molecule has 0 aliphatic carbocycles. The third-order valence-corrected chi connectivity index (χ3v) is 4.89. The van der Waals surface area contributed by atoms with E-state index in [2.05, 4.69) is 5.32 Å². The molecule has 0 bridgehead atoms. The van der Waals surface area contributed by atoms with Gasteiger partial charge in [-0.25, -0.2) is 0 Å². The summed E-state index contributed by atoms with van der Waals surface area (Å²) in [4.78, 5) is 26.1. The van der Waals surface area contributed by atoms with Gasteiger partial charge in [-0.2, -0.15) is 0 Å². The number of likely N-dealkylation sites (tertiary alicyclic amines) is 1. The molecule has 28 heavy (non-hydrogen) atoms. The molecule has 3 rings (SSSR count). The van der Waals surface area contributed by atoms with Crippen molar-refractivity contribution in [2.75, 3.05) is 26.1 Å². The van der Waals surface area contributed by atoms with E-state index in [0.717, 1.165) is 5.69 Å². The topological polar surface area (TPSA) is 88.1 Å². The molecule has 7 nitrogen and oxygen atoms in total. The van der Waals surface area contributed by atoms with Gasteiger partial charge in [0.1, 0.15) is 5.75 Å². The molecule has 1 heterocycles. The zero-order valence-electron chi connectivity index (χ0n) is 15.9. The van der Waals surface area contributed by atoms with E-state index in [-0.39, 0.29) is 24.5 Å². The van der Waals surface area contributed by atoms with Gasteiger partial charge in [0, 0.05) is 31.5 Å². The number of hydrogen-bond donors (Lipinski definition) is 2. The number of carboxylic acid groups (broad SMARTS) is 1. The number of ether oxygens (including phenoxy) is 2. The predicted octanol–water partition coefficient (Wildman–Crippen LogP) is 3.14. The zero-order valence-corrected chi connectivity index (χ0v) is 15.9. The number of aliphatic carboxylic acids is 1. The maximum absolute atomic E-state index is 13.2. The first kappa shape index (κ1) is 19.7. The normalized spacial score (nSPS) is 18.7. The lowest BCUT2D eigenvalue weighted by Crippen LogP contribution is -2.37. The first-order valence-electron chi connectivity index (χ1n) is 9.07. The van der Waals surface area contributed by atoms with Crippen LogP contribution in [0.15, 0.2) is 48.5 Å². The van der Waals surface area contributed by atoms with Crippen molar-refractivity contribution in [3.63, 3.8) is 0 Å². The maximum atomic E-state index is 13.2. The third-order valence-electron chi connectivity index (χ3n) is 4.89. The van der Waals surface area contributed by atoms with Crippen LogP contribution in [0, 0.1) is 0 Å². The molecule has 0 saturated carbocycles. The van der Waals surface area contributed by atoms with Gasteiger partial charge in [0.2, 0.25) is 0 Å². The number of anilines is 2. The maximum Gasteiger partial charge on any atom is 0.305 e. The fraction of sp³-hybridized carbons (Fsp3) is 0.333. The number of carboxylic acids is 1. The minimum atomic E-state index is -0.928. The summed E-state index contributed by atoms with van der Waals surface area (Å²) >= 11 is 0. The molecule has 2 aromatic carbocycles. The highest BCUT2D eigenvalue weighted by Crippen LogP contribution is 2.29. The van der Waals surface area contributed by atoms with Gasteiger partial charge in [-0.3, -0.25) is 9.59 Å². The van der Waals surface area contributed by atoms with Crippen molar-refractivity contribution in [1.82, 2.24) is 4.90 Å². The number of rotatable bonds is 7. The molecule has 0 radical (unpaired) electrons. The van der Waals surface area contributed by atoms with E-state index in [4.69, 9.17) is 9.47 Å². The van der Waals surface area contributed by atoms with Crippen molar-refractivity contribution in [3.8, 4) is 5.75 Å². The molecule has 2 unspecified atom stereocenters. The summed E-state index contributed by atoms with van der Waals surface area (Å²) in [5.74, 6) is -0.433. The van der Waals surface area contributed by atoms with Crippen molar-refractivity contribution >= 4 is 23.3 Å². The summed E-state index contributed by atoms with van der Waals surface area (Å²) < 4.78 is 10.6. The van der Waals surface area contributed by atoms with Crippen LogP contribution in [0.3, 0.4) is 0 Å². The third kappa shape index (κ3) is 4.43. The highest BCUT2D eigenvalue weighted by Gasteiger charge is 2.37. The van der Waals surface area contributed by atoms with Crippen LogP contribution in [0.25, 0.3) is 0 Å². The molecule has 1 saturated heterocycles. The van der Waals surface area contributed by atoms with Crippen molar-refractivity contribution in [2.24, 2.45) is 0 Å². The van der Waals surface area contributed by atoms with Crippen LogP contribution in [-0.4, -0.2) is 54.8 Å². The molecule has 1 aliphatic heterocycles. The van der Waals surface area contributed by atoms with Gasteiger partial charge in [0.15, 0.2) is 0 Å². The summed E-state index contributed by atoms with van der Waals surface area (Å²) in [5.41, 5.74) is 1.92. The first-order chi connectivity index (χ1) is 13.5. The number of benzene rings is 2. The molecular formula is C21H24N2O5. The summed E-state index contributed by atoms with van der Waals surface area (Å²) in [5, 5.41) is 12.5. The van der Waals surface area contributed by atoms with Crippen molar-refractivity contribution in [2.45, 2.75) is 25.0 Å². The van der Waals surface area contributed by atoms with Gasteiger partial charge in [-0.1, -0.05) is 18.2 Å². The van der Waals surface area contributed by atoms with Crippen molar-refractivity contribution in [3.05, 3.63) is 54.1 Å². The Bertz CT molecular complexity index is 854. The Kier molecular flexibility index (Phi) is 6.16. The standard InChI is InChI=1S/C21H24N2O5/c1-27-16-7-5-6-14(10-16)22-19-9-4-3-8-18(19)21(26)23-13-17(28-2)11-15(23)12-20(24)25/h3-10,15,17,22H,11-13H2,1-2H3,(H,24,25). The van der Waals surface area contributed by atoms with Crippen LogP contribution in [0.4, 0.5) is 11.4 Å². The Morgan fingerprint density at radius 2 is 1.96 bits per heavy atom. The van der Waals surface area contributed by atoms with Gasteiger partial charge >= 0.3 is 5.97 Å². The minimum Gasteiger partial charge on any atom is -0.497 e. The fourth-order valence-corrected chi connectivity index (χ4v) is 3.48. The largest absolute Gasteiger partial charge is 0.497 e. The summed E-state index contributed by atoms with van der Waals surface area (Å²) in [6, 6.07) is 14.2. The van der Waals surface area contributed by atoms with Crippen molar-refractivity contribution < 1.29 is 24.2 Å². The highest BCUT2D eigenvalue weighted by molar-refractivity contribution is 6.00. The molecule has 0 spiro atoms. The SMILES string of the molecule is COc1cccc(Nc2ccccc2C(=O)N2CC(OC)CC2CC(=O)O)c1. The van der Waals surface area contributed by atoms with Crippen LogP contribution in [0.1, 0.15) is 23.2 Å². The van der Waals surface area contributed by atoms with E-state index < -0.39 is 5.97 Å². The molecule has 2 N–H and O–H groups in total. The Balaban J connectivity index is 1.86. The number of carbonyl (C=O) groups is 2. The molecule has 2 aromatic rings. The van der Waals surface area contributed by atoms with Gasteiger partial charge < -0.3 is 24.8 Å². The fourth-order valence-electron chi connectivity index (χ4n) is 3.48. The van der Waals surface area contributed by atoms with Gasteiger partial charge in [-0.15, -0.1) is 0 Å². The highest BCUT2D eigenvalue weighted by atomic mass is 16.5. The van der Waals surface area contributed by atoms with E-state index >= 15 is 0 Å². The number of methoxy groups -OCH3 is 2. The lowest BCUT2D eigenvalue weighted by Gasteiger charge is -2.24. The minimum absolute atomic E-state index is 0.100. The summed E-state index contributed by atoms with van der Waals surface area (Å²) in [6.45, 7) is 0.376. The Morgan fingerprint density at radius 3 is 2.68 bits per heavy atom. The summed E-state index contributed by atoms with van der Waals surface area (Å²) in [6.07, 6.45) is 0.253. The first-order valence-corrected chi connectivity index (χ1v) is 9.07. The molecule has 0 aromatic heterocycles. The molecule has 1 aliphatic rings. The van der Waals surface area contributed by atoms with Gasteiger partial charge in [0.05, 0.1) is 30.9 Å².